The lowest BCUT2D eigenvalue weighted by molar-refractivity contribution is -0.135. The minimum atomic E-state index is -0.976. The topological polar surface area (TPSA) is 62.3 Å². The highest BCUT2D eigenvalue weighted by Crippen LogP contribution is 2.42. The van der Waals surface area contributed by atoms with Gasteiger partial charge in [0.1, 0.15) is 11.7 Å². The van der Waals surface area contributed by atoms with Crippen molar-refractivity contribution in [3.63, 3.8) is 0 Å². The fourth-order valence-electron chi connectivity index (χ4n) is 3.30. The van der Waals surface area contributed by atoms with Crippen molar-refractivity contribution >= 4 is 28.3 Å². The molecule has 2 aliphatic heterocycles. The van der Waals surface area contributed by atoms with Crippen molar-refractivity contribution in [2.45, 2.75) is 6.04 Å². The third-order valence-electron chi connectivity index (χ3n) is 4.15. The Hall–Kier alpha value is -2.28. The van der Waals surface area contributed by atoms with Crippen molar-refractivity contribution in [3.8, 4) is 0 Å². The zero-order valence-corrected chi connectivity index (χ0v) is 12.2. The van der Waals surface area contributed by atoms with E-state index in [4.69, 9.17) is 0 Å². The first-order valence-corrected chi connectivity index (χ1v) is 7.79. The summed E-state index contributed by atoms with van der Waals surface area (Å²) in [5, 5.41) is 4.81. The van der Waals surface area contributed by atoms with E-state index in [-0.39, 0.29) is 17.9 Å². The number of anilines is 1. The van der Waals surface area contributed by atoms with Gasteiger partial charge in [0.15, 0.2) is 5.13 Å². The highest BCUT2D eigenvalue weighted by Gasteiger charge is 2.51. The van der Waals surface area contributed by atoms with E-state index in [0.717, 1.165) is 0 Å². The average Bonchev–Trinajstić information content (AvgIpc) is 3.07. The third-order valence-corrected chi connectivity index (χ3v) is 4.84. The van der Waals surface area contributed by atoms with Crippen LogP contribution in [0.1, 0.15) is 0 Å². The second kappa shape index (κ2) is 4.88. The van der Waals surface area contributed by atoms with Crippen LogP contribution in [-0.2, 0) is 9.59 Å². The number of hydrogen-bond donors (Lipinski definition) is 1. The van der Waals surface area contributed by atoms with Gasteiger partial charge in [-0.05, 0) is 17.7 Å². The van der Waals surface area contributed by atoms with E-state index in [1.54, 1.807) is 16.5 Å². The van der Waals surface area contributed by atoms with Crippen LogP contribution in [0.3, 0.4) is 0 Å². The summed E-state index contributed by atoms with van der Waals surface area (Å²) in [6.07, 6.45) is 8.12. The Kier molecular flexibility index (Phi) is 2.97. The lowest BCUT2D eigenvalue weighted by Crippen LogP contribution is -2.41. The van der Waals surface area contributed by atoms with Gasteiger partial charge in [0.2, 0.25) is 11.8 Å². The molecule has 112 valence electrons. The van der Waals surface area contributed by atoms with Crippen LogP contribution in [0.4, 0.5) is 9.52 Å². The maximum Gasteiger partial charge on any atom is 0.242 e. The van der Waals surface area contributed by atoms with Crippen LogP contribution >= 0.6 is 11.3 Å². The lowest BCUT2D eigenvalue weighted by Gasteiger charge is -2.33. The van der Waals surface area contributed by atoms with Crippen LogP contribution in [0.25, 0.3) is 0 Å². The fraction of sp³-hybridized carbons (Fsp3) is 0.267. The fourth-order valence-corrected chi connectivity index (χ4v) is 3.83. The molecule has 0 aromatic carbocycles. The van der Waals surface area contributed by atoms with Crippen LogP contribution in [0.15, 0.2) is 47.3 Å². The molecule has 1 fully saturated rings. The van der Waals surface area contributed by atoms with Gasteiger partial charge in [0, 0.05) is 24.0 Å². The number of carbonyl (C=O) groups is 2. The Bertz CT molecular complexity index is 738. The van der Waals surface area contributed by atoms with Gasteiger partial charge in [-0.25, -0.2) is 9.37 Å². The maximum atomic E-state index is 13.8. The summed E-state index contributed by atoms with van der Waals surface area (Å²) in [7, 11) is 0. The molecule has 0 spiro atoms. The molecule has 1 N–H and O–H groups in total. The molecule has 4 rings (SSSR count). The van der Waals surface area contributed by atoms with Crippen LogP contribution < -0.4 is 5.32 Å². The molecule has 1 saturated heterocycles. The van der Waals surface area contributed by atoms with Gasteiger partial charge in [0.05, 0.1) is 6.04 Å². The van der Waals surface area contributed by atoms with E-state index in [1.165, 1.54) is 23.5 Å². The van der Waals surface area contributed by atoms with Crippen molar-refractivity contribution in [2.24, 2.45) is 11.8 Å². The van der Waals surface area contributed by atoms with Crippen molar-refractivity contribution in [1.29, 1.82) is 0 Å². The van der Waals surface area contributed by atoms with E-state index >= 15 is 0 Å². The molecule has 22 heavy (non-hydrogen) atoms. The van der Waals surface area contributed by atoms with Crippen molar-refractivity contribution in [1.82, 2.24) is 9.88 Å². The van der Waals surface area contributed by atoms with E-state index in [0.29, 0.717) is 17.2 Å². The van der Waals surface area contributed by atoms with Crippen LogP contribution in [0.5, 0.6) is 0 Å². The molecule has 3 unspecified atom stereocenters. The summed E-state index contributed by atoms with van der Waals surface area (Å²) < 4.78 is 13.8. The number of halogens is 1. The maximum absolute atomic E-state index is 13.8. The van der Waals surface area contributed by atoms with Gasteiger partial charge < -0.3 is 10.2 Å². The number of aromatic nitrogens is 1. The smallest absolute Gasteiger partial charge is 0.242 e. The molecule has 1 aromatic rings. The quantitative estimate of drug-likeness (QED) is 0.669. The molecule has 0 radical (unpaired) electrons. The second-order valence-corrected chi connectivity index (χ2v) is 6.29. The van der Waals surface area contributed by atoms with Gasteiger partial charge in [0.25, 0.3) is 0 Å². The number of carbonyl (C=O) groups excluding carboxylic acids is 2. The Morgan fingerprint density at radius 1 is 1.50 bits per heavy atom. The highest BCUT2D eigenvalue weighted by molar-refractivity contribution is 7.13. The average molecular weight is 317 g/mol. The third kappa shape index (κ3) is 1.93. The number of nitrogens with one attached hydrogen (secondary N) is 1. The minimum Gasteiger partial charge on any atom is -0.330 e. The SMILES string of the molecule is O=C(Nc1nccs1)C1C(=O)N2CC=CC3C=C(F)C=C1C32. The number of allylic oxidation sites excluding steroid dienone is 2. The first-order chi connectivity index (χ1) is 10.6. The lowest BCUT2D eigenvalue weighted by atomic mass is 9.83. The highest BCUT2D eigenvalue weighted by atomic mass is 32.1. The van der Waals surface area contributed by atoms with Gasteiger partial charge in [-0.15, -0.1) is 11.3 Å². The molecule has 0 bridgehead atoms. The molecule has 3 atom stereocenters. The molecule has 7 heteroatoms. The predicted molar refractivity (Wildman–Crippen MR) is 79.6 cm³/mol. The Morgan fingerprint density at radius 2 is 2.36 bits per heavy atom. The van der Waals surface area contributed by atoms with E-state index in [2.05, 4.69) is 10.3 Å². The second-order valence-electron chi connectivity index (χ2n) is 5.40. The van der Waals surface area contributed by atoms with Crippen molar-refractivity contribution in [2.75, 3.05) is 11.9 Å². The number of rotatable bonds is 2. The van der Waals surface area contributed by atoms with Crippen molar-refractivity contribution in [3.05, 3.63) is 47.3 Å². The first kappa shape index (κ1) is 13.4. The summed E-state index contributed by atoms with van der Waals surface area (Å²) >= 11 is 1.28. The molecule has 5 nitrogen and oxygen atoms in total. The molecule has 1 aliphatic carbocycles. The van der Waals surface area contributed by atoms with Gasteiger partial charge >= 0.3 is 0 Å². The summed E-state index contributed by atoms with van der Waals surface area (Å²) in [5.41, 5.74) is 0.536. The monoisotopic (exact) mass is 317 g/mol. The summed E-state index contributed by atoms with van der Waals surface area (Å²) in [6.45, 7) is 0.452. The van der Waals surface area contributed by atoms with Crippen LogP contribution in [0.2, 0.25) is 0 Å². The Morgan fingerprint density at radius 3 is 3.14 bits per heavy atom. The Labute approximate surface area is 129 Å². The molecule has 3 aliphatic rings. The molecular weight excluding hydrogens is 305 g/mol. The van der Waals surface area contributed by atoms with Gasteiger partial charge in [-0.3, -0.25) is 9.59 Å². The van der Waals surface area contributed by atoms with Gasteiger partial charge in [-0.2, -0.15) is 0 Å². The minimum absolute atomic E-state index is 0.199. The molecule has 3 heterocycles. The normalized spacial score (nSPS) is 29.0. The van der Waals surface area contributed by atoms with Crippen LogP contribution in [-0.4, -0.2) is 34.3 Å². The first-order valence-electron chi connectivity index (χ1n) is 6.91. The van der Waals surface area contributed by atoms with E-state index in [9.17, 15) is 14.0 Å². The Balaban J connectivity index is 1.69. The molecular formula is C15H12FN3O2S. The molecule has 0 saturated carbocycles. The van der Waals surface area contributed by atoms with Crippen LogP contribution in [0, 0.1) is 11.8 Å². The predicted octanol–water partition coefficient (Wildman–Crippen LogP) is 1.89. The number of amides is 2. The molecule has 1 aromatic heterocycles. The summed E-state index contributed by atoms with van der Waals surface area (Å²) in [4.78, 5) is 30.7. The van der Waals surface area contributed by atoms with E-state index in [1.807, 2.05) is 12.2 Å². The number of nitrogens with zero attached hydrogens (tertiary/aromatic N) is 2. The van der Waals surface area contributed by atoms with Gasteiger partial charge in [-0.1, -0.05) is 12.2 Å². The summed E-state index contributed by atoms with van der Waals surface area (Å²) in [6, 6.07) is -0.246. The zero-order valence-electron chi connectivity index (χ0n) is 11.4. The standard InChI is InChI=1S/C15H12FN3O2S/c16-9-6-8-2-1-4-19-12(8)10(7-9)11(14(19)21)13(20)18-15-17-3-5-22-15/h1-3,5-8,11-12H,4H2,(H,17,18,20). The zero-order chi connectivity index (χ0) is 15.3. The summed E-state index contributed by atoms with van der Waals surface area (Å²) in [5.74, 6) is -2.30. The number of hydrogen-bond acceptors (Lipinski definition) is 4. The largest absolute Gasteiger partial charge is 0.330 e. The molecule has 2 amide bonds. The van der Waals surface area contributed by atoms with Crippen molar-refractivity contribution < 1.29 is 14.0 Å². The number of thiazole rings is 1. The van der Waals surface area contributed by atoms with E-state index < -0.39 is 17.7 Å².